The van der Waals surface area contributed by atoms with Gasteiger partial charge in [-0.2, -0.15) is 0 Å². The molecule has 0 aliphatic heterocycles. The lowest BCUT2D eigenvalue weighted by atomic mass is 9.96. The number of amides is 6. The van der Waals surface area contributed by atoms with Crippen molar-refractivity contribution in [2.45, 2.75) is 83.0 Å². The topological polar surface area (TPSA) is 355 Å². The van der Waals surface area contributed by atoms with Crippen LogP contribution < -0.4 is 55.3 Å². The second kappa shape index (κ2) is 24.0. The van der Waals surface area contributed by atoms with E-state index in [0.717, 1.165) is 10.8 Å². The Morgan fingerprint density at radius 2 is 1.25 bits per heavy atom. The van der Waals surface area contributed by atoms with Gasteiger partial charge in [-0.25, -0.2) is 0 Å². The number of nitrogens with one attached hydrogen (secondary N) is 5. The van der Waals surface area contributed by atoms with Crippen molar-refractivity contribution in [1.82, 2.24) is 21.3 Å². The lowest BCUT2D eigenvalue weighted by Crippen LogP contribution is -2.59. The van der Waals surface area contributed by atoms with Crippen LogP contribution in [0.4, 0.5) is 5.69 Å². The van der Waals surface area contributed by atoms with Crippen LogP contribution in [0.15, 0.2) is 76.7 Å². The largest absolute Gasteiger partial charge is 0.481 e. The van der Waals surface area contributed by atoms with E-state index in [2.05, 4.69) is 36.6 Å². The molecule has 0 bridgehead atoms. The molecule has 0 radical (unpaired) electrons. The Morgan fingerprint density at radius 1 is 0.672 bits per heavy atom. The molecular weight excluding hydrogens is 789 g/mol. The van der Waals surface area contributed by atoms with E-state index < -0.39 is 72.0 Å². The monoisotopic (exact) mass is 844 g/mol. The minimum Gasteiger partial charge on any atom is -0.481 e. The molecule has 20 heteroatoms. The number of anilines is 1. The van der Waals surface area contributed by atoms with Gasteiger partial charge in [-0.1, -0.05) is 62.7 Å². The molecule has 0 unspecified atom stereocenters. The lowest BCUT2D eigenvalue weighted by molar-refractivity contribution is -0.141. The van der Waals surface area contributed by atoms with Gasteiger partial charge in [0.25, 0.3) is 5.91 Å². The molecule has 0 aromatic heterocycles. The van der Waals surface area contributed by atoms with Crippen LogP contribution >= 0.6 is 0 Å². The van der Waals surface area contributed by atoms with Crippen LogP contribution in [0.3, 0.4) is 0 Å². The third-order valence-electron chi connectivity index (χ3n) is 9.60. The number of carboxylic acids is 1. The maximum atomic E-state index is 13.8. The molecule has 0 aliphatic rings. The van der Waals surface area contributed by atoms with Crippen molar-refractivity contribution in [3.05, 3.63) is 77.9 Å². The Kier molecular flexibility index (Phi) is 18.9. The van der Waals surface area contributed by atoms with Crippen molar-refractivity contribution in [1.29, 1.82) is 0 Å². The maximum Gasteiger partial charge on any atom is 0.305 e. The Bertz CT molecular complexity index is 2080. The van der Waals surface area contributed by atoms with Gasteiger partial charge in [0.05, 0.1) is 12.8 Å². The summed E-state index contributed by atoms with van der Waals surface area (Å²) >= 11 is 0. The summed E-state index contributed by atoms with van der Waals surface area (Å²) in [5, 5.41) is 24.5. The second-order valence-electron chi connectivity index (χ2n) is 14.4. The van der Waals surface area contributed by atoms with Gasteiger partial charge in [0, 0.05) is 24.3 Å². The number of nitrogens with two attached hydrogens (primary N) is 5. The summed E-state index contributed by atoms with van der Waals surface area (Å²) in [5.74, 6) is -6.67. The molecule has 3 rings (SSSR count). The number of fused-ring (bicyclic) bond motifs is 1. The molecule has 0 heterocycles. The fourth-order valence-corrected chi connectivity index (χ4v) is 6.11. The standard InChI is InChI=1S/C41H56N12O8/c1-3-23(2)34(39(61)52-31(22-33(55)56)38(60)51-29(35(42)57)10-6-18-47-40(43)44)53-37(59)30(11-7-19-48-41(45)46)50-32(54)20-24-12-16-28(17-13-24)49-36(58)27-15-14-25-8-4-5-9-26(25)21-27/h4-5,8-9,12-17,21,23,29-31,34H,3,6-7,10-11,18-20,22H2,1-2H3,(H2,42,57)(H,49,58)(H,50,54)(H,51,60)(H,52,61)(H,53,59)(H,55,56)(H4,43,44,47)(H4,45,46,48)/t23-,29-,30-,31-,34-/m0/s1. The number of hydrogen-bond acceptors (Lipinski definition) is 9. The summed E-state index contributed by atoms with van der Waals surface area (Å²) in [7, 11) is 0. The molecule has 16 N–H and O–H groups in total. The molecule has 3 aromatic rings. The Balaban J connectivity index is 1.72. The second-order valence-corrected chi connectivity index (χ2v) is 14.4. The molecule has 0 spiro atoms. The van der Waals surface area contributed by atoms with Crippen LogP contribution in [-0.4, -0.2) is 95.7 Å². The highest BCUT2D eigenvalue weighted by Crippen LogP contribution is 2.18. The number of aliphatic imine (C=N–C) groups is 2. The van der Waals surface area contributed by atoms with Crippen molar-refractivity contribution in [3.63, 3.8) is 0 Å². The van der Waals surface area contributed by atoms with Gasteiger partial charge in [0.15, 0.2) is 11.9 Å². The summed E-state index contributed by atoms with van der Waals surface area (Å²) in [6, 6.07) is 14.3. The molecule has 0 saturated heterocycles. The molecule has 0 saturated carbocycles. The van der Waals surface area contributed by atoms with Crippen LogP contribution in [-0.2, 0) is 35.2 Å². The molecule has 0 aliphatic carbocycles. The van der Waals surface area contributed by atoms with Crippen LogP contribution in [0, 0.1) is 5.92 Å². The summed E-state index contributed by atoms with van der Waals surface area (Å²) in [6.07, 6.45) is -0.0527. The first kappa shape index (κ1) is 48.1. The number of guanidine groups is 2. The number of carboxylic acid groups (broad SMARTS) is 1. The molecule has 328 valence electrons. The molecule has 0 fully saturated rings. The molecule has 3 aromatic carbocycles. The Labute approximate surface area is 352 Å². The highest BCUT2D eigenvalue weighted by atomic mass is 16.4. The van der Waals surface area contributed by atoms with Crippen LogP contribution in [0.5, 0.6) is 0 Å². The number of carbonyl (C=O) groups excluding carboxylic acids is 6. The average Bonchev–Trinajstić information content (AvgIpc) is 3.21. The summed E-state index contributed by atoms with van der Waals surface area (Å²) in [4.78, 5) is 98.7. The molecular formula is C41H56N12O8. The zero-order chi connectivity index (χ0) is 45.1. The number of rotatable bonds is 24. The fraction of sp³-hybridized carbons (Fsp3) is 0.390. The van der Waals surface area contributed by atoms with E-state index in [1.807, 2.05) is 30.3 Å². The van der Waals surface area contributed by atoms with Gasteiger partial charge in [-0.05, 0) is 72.2 Å². The first-order valence-electron chi connectivity index (χ1n) is 19.7. The van der Waals surface area contributed by atoms with E-state index >= 15 is 0 Å². The summed E-state index contributed by atoms with van der Waals surface area (Å²) in [5.41, 5.74) is 28.5. The predicted molar refractivity (Wildman–Crippen MR) is 230 cm³/mol. The van der Waals surface area contributed by atoms with Gasteiger partial charge < -0.3 is 60.4 Å². The van der Waals surface area contributed by atoms with E-state index in [1.54, 1.807) is 50.2 Å². The van der Waals surface area contributed by atoms with Gasteiger partial charge in [-0.3, -0.25) is 43.5 Å². The quantitative estimate of drug-likeness (QED) is 0.0314. The number of carbonyl (C=O) groups is 7. The molecule has 61 heavy (non-hydrogen) atoms. The zero-order valence-corrected chi connectivity index (χ0v) is 34.2. The number of aliphatic carboxylic acids is 1. The molecule has 5 atom stereocenters. The normalized spacial score (nSPS) is 13.2. The predicted octanol–water partition coefficient (Wildman–Crippen LogP) is -0.313. The number of nitrogens with zero attached hydrogens (tertiary/aromatic N) is 2. The van der Waals surface area contributed by atoms with E-state index in [4.69, 9.17) is 28.7 Å². The van der Waals surface area contributed by atoms with Crippen molar-refractivity contribution in [2.24, 2.45) is 44.6 Å². The Hall–Kier alpha value is -7.25. The van der Waals surface area contributed by atoms with E-state index in [9.17, 15) is 38.7 Å². The van der Waals surface area contributed by atoms with Crippen molar-refractivity contribution in [2.75, 3.05) is 18.4 Å². The maximum absolute atomic E-state index is 13.8. The van der Waals surface area contributed by atoms with Gasteiger partial charge in [0.1, 0.15) is 24.2 Å². The van der Waals surface area contributed by atoms with Gasteiger partial charge >= 0.3 is 5.97 Å². The van der Waals surface area contributed by atoms with Gasteiger partial charge in [-0.15, -0.1) is 0 Å². The van der Waals surface area contributed by atoms with Gasteiger partial charge in [0.2, 0.25) is 29.5 Å². The SMILES string of the molecule is CC[C@H](C)[C@H](NC(=O)[C@H](CCCN=C(N)N)NC(=O)Cc1ccc(NC(=O)c2ccc3ccccc3c2)cc1)C(=O)N[C@@H](CC(=O)O)C(=O)N[C@@H](CCCN=C(N)N)C(N)=O. The third kappa shape index (κ3) is 16.5. The zero-order valence-electron chi connectivity index (χ0n) is 34.2. The lowest BCUT2D eigenvalue weighted by Gasteiger charge is -2.28. The van der Waals surface area contributed by atoms with Crippen LogP contribution in [0.1, 0.15) is 68.3 Å². The molecule has 6 amide bonds. The average molecular weight is 845 g/mol. The van der Waals surface area contributed by atoms with Crippen molar-refractivity contribution >= 4 is 69.8 Å². The van der Waals surface area contributed by atoms with E-state index in [0.29, 0.717) is 23.2 Å². The minimum absolute atomic E-state index is 0.0176. The van der Waals surface area contributed by atoms with Crippen LogP contribution in [0.25, 0.3) is 10.8 Å². The summed E-state index contributed by atoms with van der Waals surface area (Å²) in [6.45, 7) is 3.69. The number of primary amides is 1. The van der Waals surface area contributed by atoms with Crippen LogP contribution in [0.2, 0.25) is 0 Å². The molecule has 20 nitrogen and oxygen atoms in total. The Morgan fingerprint density at radius 3 is 1.82 bits per heavy atom. The van der Waals surface area contributed by atoms with E-state index in [1.165, 1.54) is 0 Å². The summed E-state index contributed by atoms with van der Waals surface area (Å²) < 4.78 is 0. The highest BCUT2D eigenvalue weighted by Gasteiger charge is 2.34. The number of hydrogen-bond donors (Lipinski definition) is 11. The highest BCUT2D eigenvalue weighted by molar-refractivity contribution is 6.06. The first-order valence-corrected chi connectivity index (χ1v) is 19.7. The number of benzene rings is 3. The minimum atomic E-state index is -1.67. The fourth-order valence-electron chi connectivity index (χ4n) is 6.11. The van der Waals surface area contributed by atoms with E-state index in [-0.39, 0.29) is 63.0 Å². The smallest absolute Gasteiger partial charge is 0.305 e. The van der Waals surface area contributed by atoms with Crippen molar-refractivity contribution in [3.8, 4) is 0 Å². The first-order chi connectivity index (χ1) is 29.0. The third-order valence-corrected chi connectivity index (χ3v) is 9.60. The van der Waals surface area contributed by atoms with Crippen molar-refractivity contribution < 1.29 is 38.7 Å².